The zero-order chi connectivity index (χ0) is 12.3. The van der Waals surface area contributed by atoms with Crippen molar-refractivity contribution in [1.29, 1.82) is 0 Å². The molecular formula is C10H7FN2O3. The molecule has 0 heterocycles. The van der Waals surface area contributed by atoms with Crippen LogP contribution >= 0.6 is 0 Å². The van der Waals surface area contributed by atoms with Gasteiger partial charge in [-0.2, -0.15) is 4.39 Å². The molecule has 1 aromatic carbocycles. The highest BCUT2D eigenvalue weighted by atomic mass is 19.1. The second kappa shape index (κ2) is 4.40. The van der Waals surface area contributed by atoms with Gasteiger partial charge in [-0.05, 0) is 24.5 Å². The number of hydrogen-bond donors (Lipinski definition) is 1. The van der Waals surface area contributed by atoms with E-state index in [0.717, 1.165) is 12.1 Å². The summed E-state index contributed by atoms with van der Waals surface area (Å²) in [5.41, 5.74) is 4.77. The number of amides is 1. The summed E-state index contributed by atoms with van der Waals surface area (Å²) in [5, 5.41) is 10.4. The smallest absolute Gasteiger partial charge is 0.305 e. The average Bonchev–Trinajstić information content (AvgIpc) is 2.18. The van der Waals surface area contributed by atoms with Crippen molar-refractivity contribution in [1.82, 2.24) is 0 Å². The van der Waals surface area contributed by atoms with Crippen LogP contribution < -0.4 is 5.73 Å². The summed E-state index contributed by atoms with van der Waals surface area (Å²) >= 11 is 0. The molecule has 1 aromatic rings. The highest BCUT2D eigenvalue weighted by Gasteiger charge is 2.15. The van der Waals surface area contributed by atoms with Crippen molar-refractivity contribution in [3.05, 3.63) is 39.2 Å². The number of hydrogen-bond acceptors (Lipinski definition) is 3. The summed E-state index contributed by atoms with van der Waals surface area (Å²) < 4.78 is 13.2. The number of carbonyl (C=O) groups excluding carboxylic acids is 1. The Balaban J connectivity index is 3.27. The van der Waals surface area contributed by atoms with E-state index in [-0.39, 0.29) is 5.56 Å². The molecule has 1 amide bonds. The maximum Gasteiger partial charge on any atom is 0.305 e. The molecular weight excluding hydrogens is 215 g/mol. The lowest BCUT2D eigenvalue weighted by Gasteiger charge is -1.99. The molecule has 0 aliphatic rings. The summed E-state index contributed by atoms with van der Waals surface area (Å²) in [4.78, 5) is 20.0. The molecule has 0 spiro atoms. The van der Waals surface area contributed by atoms with Crippen molar-refractivity contribution in [3.63, 3.8) is 0 Å². The second-order valence-electron chi connectivity index (χ2n) is 2.99. The maximum atomic E-state index is 13.2. The normalized spacial score (nSPS) is 9.12. The van der Waals surface area contributed by atoms with Crippen LogP contribution in [-0.2, 0) is 4.79 Å². The Bertz CT molecular complexity index is 529. The van der Waals surface area contributed by atoms with Gasteiger partial charge in [-0.1, -0.05) is 5.92 Å². The van der Waals surface area contributed by atoms with Gasteiger partial charge in [-0.3, -0.25) is 14.9 Å². The Labute approximate surface area is 90.2 Å². The number of halogens is 1. The lowest BCUT2D eigenvalue weighted by atomic mass is 10.1. The van der Waals surface area contributed by atoms with Crippen LogP contribution in [0.15, 0.2) is 12.1 Å². The van der Waals surface area contributed by atoms with Crippen LogP contribution in [0.1, 0.15) is 11.1 Å². The first-order valence-electron chi connectivity index (χ1n) is 4.18. The molecule has 0 radical (unpaired) electrons. The number of nitrogens with two attached hydrogens (primary N) is 1. The van der Waals surface area contributed by atoms with Gasteiger partial charge in [0.1, 0.15) is 0 Å². The van der Waals surface area contributed by atoms with E-state index in [1.807, 2.05) is 5.92 Å². The molecule has 16 heavy (non-hydrogen) atoms. The number of nitro benzene ring substituents is 1. The largest absolute Gasteiger partial charge is 0.359 e. The minimum Gasteiger partial charge on any atom is -0.359 e. The zero-order valence-electron chi connectivity index (χ0n) is 8.28. The first-order valence-corrected chi connectivity index (χ1v) is 4.18. The third kappa shape index (κ3) is 2.54. The van der Waals surface area contributed by atoms with Crippen molar-refractivity contribution >= 4 is 11.6 Å². The van der Waals surface area contributed by atoms with Crippen molar-refractivity contribution in [2.24, 2.45) is 5.73 Å². The van der Waals surface area contributed by atoms with Gasteiger partial charge in [-0.25, -0.2) is 0 Å². The topological polar surface area (TPSA) is 86.2 Å². The predicted octanol–water partition coefficient (Wildman–Crippen LogP) is 0.879. The number of nitro groups is 1. The number of primary amides is 1. The van der Waals surface area contributed by atoms with Gasteiger partial charge in [0.15, 0.2) is 0 Å². The summed E-state index contributed by atoms with van der Waals surface area (Å²) in [6.07, 6.45) is 0. The summed E-state index contributed by atoms with van der Waals surface area (Å²) in [6.45, 7) is 1.53. The third-order valence-corrected chi connectivity index (χ3v) is 1.81. The number of nitrogens with zero attached hydrogens (tertiary/aromatic N) is 1. The van der Waals surface area contributed by atoms with E-state index in [4.69, 9.17) is 5.73 Å². The number of benzene rings is 1. The summed E-state index contributed by atoms with van der Waals surface area (Å²) in [5.74, 6) is 2.52. The molecule has 2 N–H and O–H groups in total. The molecule has 0 saturated carbocycles. The van der Waals surface area contributed by atoms with Gasteiger partial charge >= 0.3 is 5.69 Å². The fourth-order valence-corrected chi connectivity index (χ4v) is 1.07. The highest BCUT2D eigenvalue weighted by Crippen LogP contribution is 2.21. The molecule has 5 nitrogen and oxygen atoms in total. The molecule has 1 rings (SSSR count). The number of aryl methyl sites for hydroxylation is 1. The molecule has 0 aliphatic heterocycles. The molecule has 0 aliphatic carbocycles. The average molecular weight is 222 g/mol. The van der Waals surface area contributed by atoms with E-state index in [1.165, 1.54) is 6.92 Å². The standard InChI is InChI=1S/C10H7FN2O3/c1-6-4-9(13(15)16)8(11)5-7(6)2-3-10(12)14/h4-5H,1H3,(H2,12,14). The Morgan fingerprint density at radius 3 is 2.69 bits per heavy atom. The Kier molecular flexibility index (Phi) is 3.20. The summed E-state index contributed by atoms with van der Waals surface area (Å²) in [7, 11) is 0. The zero-order valence-corrected chi connectivity index (χ0v) is 8.28. The van der Waals surface area contributed by atoms with Crippen molar-refractivity contribution in [3.8, 4) is 11.8 Å². The van der Waals surface area contributed by atoms with Gasteiger partial charge in [0.05, 0.1) is 4.92 Å². The van der Waals surface area contributed by atoms with E-state index in [0.29, 0.717) is 5.56 Å². The van der Waals surface area contributed by atoms with E-state index >= 15 is 0 Å². The van der Waals surface area contributed by atoms with Crippen LogP contribution in [0, 0.1) is 34.7 Å². The van der Waals surface area contributed by atoms with E-state index in [2.05, 4.69) is 5.92 Å². The van der Waals surface area contributed by atoms with Gasteiger partial charge in [0.25, 0.3) is 5.91 Å². The molecule has 6 heteroatoms. The van der Waals surface area contributed by atoms with E-state index < -0.39 is 22.3 Å². The molecule has 82 valence electrons. The summed E-state index contributed by atoms with van der Waals surface area (Å²) in [6, 6.07) is 1.96. The van der Waals surface area contributed by atoms with Gasteiger partial charge in [0.2, 0.25) is 5.82 Å². The quantitative estimate of drug-likeness (QED) is 0.434. The molecule has 0 atom stereocenters. The van der Waals surface area contributed by atoms with Crippen LogP contribution in [0.4, 0.5) is 10.1 Å². The Morgan fingerprint density at radius 2 is 2.19 bits per heavy atom. The molecule has 0 saturated heterocycles. The lowest BCUT2D eigenvalue weighted by molar-refractivity contribution is -0.387. The second-order valence-corrected chi connectivity index (χ2v) is 2.99. The molecule has 0 unspecified atom stereocenters. The maximum absolute atomic E-state index is 13.2. The van der Waals surface area contributed by atoms with E-state index in [1.54, 1.807) is 0 Å². The van der Waals surface area contributed by atoms with Gasteiger partial charge in [-0.15, -0.1) is 0 Å². The lowest BCUT2D eigenvalue weighted by Crippen LogP contribution is -2.06. The van der Waals surface area contributed by atoms with Crippen molar-refractivity contribution in [2.45, 2.75) is 6.92 Å². The van der Waals surface area contributed by atoms with Crippen LogP contribution in [0.5, 0.6) is 0 Å². The van der Waals surface area contributed by atoms with Crippen molar-refractivity contribution in [2.75, 3.05) is 0 Å². The fourth-order valence-electron chi connectivity index (χ4n) is 1.07. The highest BCUT2D eigenvalue weighted by molar-refractivity contribution is 5.92. The number of rotatable bonds is 1. The van der Waals surface area contributed by atoms with Gasteiger partial charge in [0, 0.05) is 11.6 Å². The minimum atomic E-state index is -0.996. The van der Waals surface area contributed by atoms with Crippen molar-refractivity contribution < 1.29 is 14.1 Å². The SMILES string of the molecule is Cc1cc([N+](=O)[O-])c(F)cc1C#CC(N)=O. The molecule has 0 aromatic heterocycles. The minimum absolute atomic E-state index is 0.196. The molecule has 0 bridgehead atoms. The Morgan fingerprint density at radius 1 is 1.56 bits per heavy atom. The predicted molar refractivity (Wildman–Crippen MR) is 53.9 cm³/mol. The van der Waals surface area contributed by atoms with Crippen LogP contribution in [0.25, 0.3) is 0 Å². The van der Waals surface area contributed by atoms with Gasteiger partial charge < -0.3 is 5.73 Å². The molecule has 0 fully saturated rings. The first kappa shape index (κ1) is 11.7. The monoisotopic (exact) mass is 222 g/mol. The van der Waals surface area contributed by atoms with E-state index in [9.17, 15) is 19.3 Å². The van der Waals surface area contributed by atoms with Crippen LogP contribution in [0.2, 0.25) is 0 Å². The van der Waals surface area contributed by atoms with Crippen LogP contribution in [0.3, 0.4) is 0 Å². The number of carbonyl (C=O) groups is 1. The van der Waals surface area contributed by atoms with Crippen LogP contribution in [-0.4, -0.2) is 10.8 Å². The Hall–Kier alpha value is -2.42. The fraction of sp³-hybridized carbons (Fsp3) is 0.100. The third-order valence-electron chi connectivity index (χ3n) is 1.81. The first-order chi connectivity index (χ1) is 7.41.